The molecule has 43 heavy (non-hydrogen) atoms. The van der Waals surface area contributed by atoms with E-state index in [-0.39, 0.29) is 17.0 Å². The molecule has 0 amide bonds. The highest BCUT2D eigenvalue weighted by atomic mass is 19.1. The molecule has 3 aromatic heterocycles. The van der Waals surface area contributed by atoms with E-state index < -0.39 is 11.6 Å². The topological polar surface area (TPSA) is 72.4 Å². The number of nitrogens with one attached hydrogen (secondary N) is 1. The molecular formula is C34H37F2N5O2. The van der Waals surface area contributed by atoms with Crippen molar-refractivity contribution in [3.8, 4) is 17.0 Å². The number of pyridine rings is 3. The number of anilines is 3. The zero-order chi connectivity index (χ0) is 30.7. The molecule has 1 saturated heterocycles. The summed E-state index contributed by atoms with van der Waals surface area (Å²) in [5, 5.41) is 3.72. The van der Waals surface area contributed by atoms with Gasteiger partial charge in [-0.15, -0.1) is 0 Å². The standard InChI is InChI=1S/C34H37F2N5O2/c1-7-8-21(4)33-22(5)34(32-27(36)14-24(35)15-29(32)40-33)39-28-16-30(41-11-12-43-25(19-41)13-20(2)3)37-18-26(28)23-9-10-31(42-6)38-17-23/h7-10,14-18,20,25H,1,11-13,19H2,2-6H3,(H,37,39,40). The van der Waals surface area contributed by atoms with Crippen molar-refractivity contribution in [3.05, 3.63) is 84.3 Å². The van der Waals surface area contributed by atoms with Crippen molar-refractivity contribution in [2.24, 2.45) is 5.92 Å². The van der Waals surface area contributed by atoms with Gasteiger partial charge in [0.15, 0.2) is 0 Å². The van der Waals surface area contributed by atoms with Gasteiger partial charge in [0.2, 0.25) is 5.88 Å². The lowest BCUT2D eigenvalue weighted by atomic mass is 10.0. The van der Waals surface area contributed by atoms with Crippen molar-refractivity contribution in [2.45, 2.75) is 40.2 Å². The second-order valence-corrected chi connectivity index (χ2v) is 11.2. The van der Waals surface area contributed by atoms with Crippen LogP contribution in [0.25, 0.3) is 27.6 Å². The van der Waals surface area contributed by atoms with E-state index in [4.69, 9.17) is 14.5 Å². The largest absolute Gasteiger partial charge is 0.481 e. The Bertz CT molecular complexity index is 1670. The molecular weight excluding hydrogens is 548 g/mol. The molecule has 224 valence electrons. The van der Waals surface area contributed by atoms with E-state index in [2.05, 4.69) is 40.6 Å². The molecule has 4 aromatic rings. The van der Waals surface area contributed by atoms with E-state index in [1.165, 1.54) is 6.07 Å². The van der Waals surface area contributed by atoms with Crippen LogP contribution in [0.2, 0.25) is 0 Å². The van der Waals surface area contributed by atoms with Crippen LogP contribution in [-0.4, -0.2) is 47.9 Å². The molecule has 0 bridgehead atoms. The molecule has 0 spiro atoms. The second-order valence-electron chi connectivity index (χ2n) is 11.2. The number of halogens is 2. The zero-order valence-corrected chi connectivity index (χ0v) is 25.2. The molecule has 1 aliphatic rings. The third-order valence-corrected chi connectivity index (χ3v) is 7.59. The van der Waals surface area contributed by atoms with Crippen LogP contribution < -0.4 is 15.0 Å². The number of methoxy groups -OCH3 is 1. The highest BCUT2D eigenvalue weighted by molar-refractivity contribution is 5.99. The van der Waals surface area contributed by atoms with Gasteiger partial charge in [-0.25, -0.2) is 23.7 Å². The van der Waals surface area contributed by atoms with E-state index in [1.807, 2.05) is 32.1 Å². The zero-order valence-electron chi connectivity index (χ0n) is 25.2. The first-order valence-corrected chi connectivity index (χ1v) is 14.4. The van der Waals surface area contributed by atoms with Crippen LogP contribution >= 0.6 is 0 Å². The number of benzene rings is 1. The minimum atomic E-state index is -0.698. The first-order valence-electron chi connectivity index (χ1n) is 14.4. The Kier molecular flexibility index (Phi) is 9.01. The highest BCUT2D eigenvalue weighted by Gasteiger charge is 2.24. The normalized spacial score (nSPS) is 15.7. The fourth-order valence-electron chi connectivity index (χ4n) is 5.54. The molecule has 4 heterocycles. The van der Waals surface area contributed by atoms with Gasteiger partial charge < -0.3 is 19.7 Å². The molecule has 0 saturated carbocycles. The molecule has 0 aliphatic carbocycles. The number of hydrogen-bond acceptors (Lipinski definition) is 7. The number of aromatic nitrogens is 3. The molecule has 1 unspecified atom stereocenters. The van der Waals surface area contributed by atoms with Crippen LogP contribution in [0.3, 0.4) is 0 Å². The summed E-state index contributed by atoms with van der Waals surface area (Å²) in [6, 6.07) is 7.79. The van der Waals surface area contributed by atoms with Crippen LogP contribution in [0.5, 0.6) is 5.88 Å². The Morgan fingerprint density at radius 2 is 2.02 bits per heavy atom. The van der Waals surface area contributed by atoms with Crippen LogP contribution in [0.4, 0.5) is 26.0 Å². The van der Waals surface area contributed by atoms with Crippen LogP contribution in [0, 0.1) is 24.5 Å². The molecule has 1 atom stereocenters. The lowest BCUT2D eigenvalue weighted by Crippen LogP contribution is -2.43. The number of ether oxygens (including phenoxy) is 2. The van der Waals surface area contributed by atoms with Crippen molar-refractivity contribution in [1.82, 2.24) is 15.0 Å². The first kappa shape index (κ1) is 30.1. The summed E-state index contributed by atoms with van der Waals surface area (Å²) in [5.41, 5.74) is 5.12. The fourth-order valence-corrected chi connectivity index (χ4v) is 5.54. The number of allylic oxidation sites excluding steroid dienone is 3. The predicted octanol–water partition coefficient (Wildman–Crippen LogP) is 7.87. The Labute approximate surface area is 251 Å². The van der Waals surface area contributed by atoms with Gasteiger partial charge in [-0.05, 0) is 43.4 Å². The van der Waals surface area contributed by atoms with Gasteiger partial charge >= 0.3 is 0 Å². The minimum absolute atomic E-state index is 0.106. The molecule has 0 radical (unpaired) electrons. The molecule has 1 aliphatic heterocycles. The van der Waals surface area contributed by atoms with Crippen molar-refractivity contribution < 1.29 is 18.3 Å². The molecule has 1 N–H and O–H groups in total. The predicted molar refractivity (Wildman–Crippen MR) is 169 cm³/mol. The third kappa shape index (κ3) is 6.51. The number of rotatable bonds is 9. The second kappa shape index (κ2) is 12.9. The summed E-state index contributed by atoms with van der Waals surface area (Å²) >= 11 is 0. The van der Waals surface area contributed by atoms with E-state index in [0.717, 1.165) is 41.5 Å². The summed E-state index contributed by atoms with van der Waals surface area (Å²) < 4.78 is 41.2. The molecule has 9 heteroatoms. The Balaban J connectivity index is 1.68. The average Bonchev–Trinajstić information content (AvgIpc) is 2.98. The number of hydrogen-bond donors (Lipinski definition) is 1. The van der Waals surface area contributed by atoms with Crippen LogP contribution in [0.1, 0.15) is 38.4 Å². The highest BCUT2D eigenvalue weighted by Crippen LogP contribution is 2.39. The lowest BCUT2D eigenvalue weighted by molar-refractivity contribution is 0.0273. The van der Waals surface area contributed by atoms with E-state index in [1.54, 1.807) is 31.6 Å². The summed E-state index contributed by atoms with van der Waals surface area (Å²) in [5.74, 6) is 0.382. The van der Waals surface area contributed by atoms with Gasteiger partial charge in [-0.2, -0.15) is 0 Å². The van der Waals surface area contributed by atoms with Crippen LogP contribution in [0.15, 0.2) is 61.5 Å². The van der Waals surface area contributed by atoms with Gasteiger partial charge in [0.1, 0.15) is 17.5 Å². The molecule has 5 rings (SSSR count). The number of morpholine rings is 1. The van der Waals surface area contributed by atoms with Crippen molar-refractivity contribution in [2.75, 3.05) is 37.0 Å². The number of nitrogens with zero attached hydrogens (tertiary/aromatic N) is 4. The summed E-state index contributed by atoms with van der Waals surface area (Å²) in [6.45, 7) is 14.0. The van der Waals surface area contributed by atoms with Gasteiger partial charge in [0.25, 0.3) is 0 Å². The minimum Gasteiger partial charge on any atom is -0.481 e. The van der Waals surface area contributed by atoms with Gasteiger partial charge in [-0.3, -0.25) is 0 Å². The lowest BCUT2D eigenvalue weighted by Gasteiger charge is -2.35. The fraction of sp³-hybridized carbons (Fsp3) is 0.324. The maximum atomic E-state index is 15.5. The SMILES string of the molecule is C=CC=C(C)c1nc2cc(F)cc(F)c2c(Nc2cc(N3CCOC(CC(C)C)C3)ncc2-c2ccc(OC)nc2)c1C. The van der Waals surface area contributed by atoms with Crippen molar-refractivity contribution in [3.63, 3.8) is 0 Å². The Hall–Kier alpha value is -4.37. The van der Waals surface area contributed by atoms with Crippen LogP contribution in [-0.2, 0) is 4.74 Å². The molecule has 7 nitrogen and oxygen atoms in total. The van der Waals surface area contributed by atoms with Gasteiger partial charge in [0, 0.05) is 60.9 Å². The smallest absolute Gasteiger partial charge is 0.212 e. The summed E-state index contributed by atoms with van der Waals surface area (Å²) in [7, 11) is 1.56. The van der Waals surface area contributed by atoms with Gasteiger partial charge in [-0.1, -0.05) is 32.6 Å². The Morgan fingerprint density at radius 3 is 2.72 bits per heavy atom. The maximum absolute atomic E-state index is 15.5. The number of fused-ring (bicyclic) bond motifs is 1. The first-order chi connectivity index (χ1) is 20.7. The summed E-state index contributed by atoms with van der Waals surface area (Å²) in [4.78, 5) is 16.1. The van der Waals surface area contributed by atoms with Gasteiger partial charge in [0.05, 0.1) is 47.8 Å². The Morgan fingerprint density at radius 1 is 1.21 bits per heavy atom. The molecule has 1 aromatic carbocycles. The average molecular weight is 586 g/mol. The van der Waals surface area contributed by atoms with Crippen molar-refractivity contribution >= 4 is 33.7 Å². The molecule has 1 fully saturated rings. The van der Waals surface area contributed by atoms with Crippen molar-refractivity contribution in [1.29, 1.82) is 0 Å². The summed E-state index contributed by atoms with van der Waals surface area (Å²) in [6.07, 6.45) is 8.06. The van der Waals surface area contributed by atoms with E-state index >= 15 is 4.39 Å². The van der Waals surface area contributed by atoms with E-state index in [0.29, 0.717) is 47.6 Å². The third-order valence-electron chi connectivity index (χ3n) is 7.59. The maximum Gasteiger partial charge on any atom is 0.212 e. The quantitative estimate of drug-likeness (QED) is 0.200. The van der Waals surface area contributed by atoms with E-state index in [9.17, 15) is 4.39 Å². The monoisotopic (exact) mass is 585 g/mol.